The smallest absolute Gasteiger partial charge is 0.338 e. The first kappa shape index (κ1) is 23.3. The number of halogens is 1. The van der Waals surface area contributed by atoms with E-state index in [0.717, 1.165) is 10.4 Å². The SMILES string of the molecule is CCOc1ccc(C(=O)OCC(=O)NC(c2ccc(F)cc2)c2cccs2)cc1OCC. The zero-order valence-electron chi connectivity index (χ0n) is 17.8. The number of nitrogens with one attached hydrogen (secondary N) is 1. The molecule has 0 saturated carbocycles. The molecule has 0 spiro atoms. The van der Waals surface area contributed by atoms with Crippen molar-refractivity contribution in [3.8, 4) is 11.5 Å². The molecular formula is C24H24FNO5S. The maximum atomic E-state index is 13.3. The van der Waals surface area contributed by atoms with Gasteiger partial charge in [-0.25, -0.2) is 9.18 Å². The first-order valence-corrected chi connectivity index (χ1v) is 11.0. The summed E-state index contributed by atoms with van der Waals surface area (Å²) in [6.07, 6.45) is 0. The Morgan fingerprint density at radius 1 is 1.00 bits per heavy atom. The molecule has 1 amide bonds. The summed E-state index contributed by atoms with van der Waals surface area (Å²) >= 11 is 1.46. The van der Waals surface area contributed by atoms with Crippen molar-refractivity contribution in [3.63, 3.8) is 0 Å². The topological polar surface area (TPSA) is 73.9 Å². The molecule has 1 atom stereocenters. The van der Waals surface area contributed by atoms with Crippen LogP contribution in [0.1, 0.15) is 40.7 Å². The van der Waals surface area contributed by atoms with Crippen molar-refractivity contribution in [2.45, 2.75) is 19.9 Å². The molecule has 1 N–H and O–H groups in total. The lowest BCUT2D eigenvalue weighted by molar-refractivity contribution is -0.124. The summed E-state index contributed by atoms with van der Waals surface area (Å²) in [5.41, 5.74) is 0.972. The van der Waals surface area contributed by atoms with Crippen LogP contribution in [0.2, 0.25) is 0 Å². The van der Waals surface area contributed by atoms with Crippen LogP contribution in [0.15, 0.2) is 60.0 Å². The first-order valence-electron chi connectivity index (χ1n) is 10.2. The van der Waals surface area contributed by atoms with Gasteiger partial charge in [0.15, 0.2) is 18.1 Å². The molecule has 1 aromatic heterocycles. The van der Waals surface area contributed by atoms with Crippen molar-refractivity contribution in [2.24, 2.45) is 0 Å². The number of carbonyl (C=O) groups is 2. The second kappa shape index (κ2) is 11.3. The summed E-state index contributed by atoms with van der Waals surface area (Å²) < 4.78 is 29.5. The Labute approximate surface area is 189 Å². The molecule has 8 heteroatoms. The summed E-state index contributed by atoms with van der Waals surface area (Å²) in [4.78, 5) is 25.9. The Kier molecular flexibility index (Phi) is 8.21. The number of benzene rings is 2. The fraction of sp³-hybridized carbons (Fsp3) is 0.250. The van der Waals surface area contributed by atoms with Crippen molar-refractivity contribution in [3.05, 3.63) is 81.8 Å². The van der Waals surface area contributed by atoms with E-state index in [4.69, 9.17) is 14.2 Å². The average Bonchev–Trinajstić information content (AvgIpc) is 3.33. The Morgan fingerprint density at radius 3 is 2.38 bits per heavy atom. The number of ether oxygens (including phenoxy) is 3. The molecule has 0 aliphatic heterocycles. The zero-order valence-corrected chi connectivity index (χ0v) is 18.6. The van der Waals surface area contributed by atoms with E-state index in [1.165, 1.54) is 29.5 Å². The van der Waals surface area contributed by atoms with Crippen LogP contribution >= 0.6 is 11.3 Å². The average molecular weight is 458 g/mol. The van der Waals surface area contributed by atoms with Crippen LogP contribution in [0, 0.1) is 5.82 Å². The first-order chi connectivity index (χ1) is 15.5. The predicted octanol–water partition coefficient (Wildman–Crippen LogP) is 4.75. The van der Waals surface area contributed by atoms with Crippen molar-refractivity contribution < 1.29 is 28.2 Å². The monoisotopic (exact) mass is 457 g/mol. The fourth-order valence-corrected chi connectivity index (χ4v) is 3.83. The van der Waals surface area contributed by atoms with Crippen LogP contribution in [-0.4, -0.2) is 31.7 Å². The molecule has 3 rings (SSSR count). The van der Waals surface area contributed by atoms with Crippen LogP contribution in [0.5, 0.6) is 11.5 Å². The van der Waals surface area contributed by atoms with Gasteiger partial charge in [-0.2, -0.15) is 0 Å². The van der Waals surface area contributed by atoms with E-state index in [9.17, 15) is 14.0 Å². The second-order valence-corrected chi connectivity index (χ2v) is 7.65. The van der Waals surface area contributed by atoms with Gasteiger partial charge in [-0.05, 0) is 61.2 Å². The summed E-state index contributed by atoms with van der Waals surface area (Å²) in [6.45, 7) is 4.10. The Morgan fingerprint density at radius 2 is 1.72 bits per heavy atom. The van der Waals surface area contributed by atoms with Crippen molar-refractivity contribution in [2.75, 3.05) is 19.8 Å². The summed E-state index contributed by atoms with van der Waals surface area (Å²) in [7, 11) is 0. The van der Waals surface area contributed by atoms with Gasteiger partial charge in [0.1, 0.15) is 5.82 Å². The van der Waals surface area contributed by atoms with Gasteiger partial charge in [-0.3, -0.25) is 4.79 Å². The Balaban J connectivity index is 1.65. The molecule has 0 radical (unpaired) electrons. The van der Waals surface area contributed by atoms with Gasteiger partial charge >= 0.3 is 5.97 Å². The van der Waals surface area contributed by atoms with Gasteiger partial charge in [0, 0.05) is 4.88 Å². The minimum Gasteiger partial charge on any atom is -0.490 e. The minimum atomic E-state index is -0.654. The van der Waals surface area contributed by atoms with Crippen molar-refractivity contribution >= 4 is 23.2 Å². The molecule has 1 unspecified atom stereocenters. The van der Waals surface area contributed by atoms with Gasteiger partial charge in [0.05, 0.1) is 24.8 Å². The van der Waals surface area contributed by atoms with E-state index in [2.05, 4.69) is 5.32 Å². The number of hydrogen-bond acceptors (Lipinski definition) is 6. The molecule has 0 fully saturated rings. The Bertz CT molecular complexity index is 1040. The highest BCUT2D eigenvalue weighted by molar-refractivity contribution is 7.10. The normalized spacial score (nSPS) is 11.5. The molecule has 3 aromatic rings. The Hall–Kier alpha value is -3.39. The van der Waals surface area contributed by atoms with Gasteiger partial charge < -0.3 is 19.5 Å². The molecule has 1 heterocycles. The number of amides is 1. The lowest BCUT2D eigenvalue weighted by atomic mass is 10.1. The fourth-order valence-electron chi connectivity index (χ4n) is 3.02. The highest BCUT2D eigenvalue weighted by Gasteiger charge is 2.20. The molecule has 32 heavy (non-hydrogen) atoms. The summed E-state index contributed by atoms with van der Waals surface area (Å²) in [5.74, 6) is -0.527. The van der Waals surface area contributed by atoms with Crippen LogP contribution in [0.4, 0.5) is 4.39 Å². The molecule has 6 nitrogen and oxygen atoms in total. The van der Waals surface area contributed by atoms with Gasteiger partial charge in [-0.1, -0.05) is 18.2 Å². The highest BCUT2D eigenvalue weighted by atomic mass is 32.1. The van der Waals surface area contributed by atoms with Crippen LogP contribution in [-0.2, 0) is 9.53 Å². The van der Waals surface area contributed by atoms with E-state index in [1.807, 2.05) is 31.4 Å². The standard InChI is InChI=1S/C24H24FNO5S/c1-3-29-19-12-9-17(14-20(19)30-4-2)24(28)31-15-22(27)26-23(21-6-5-13-32-21)16-7-10-18(25)11-8-16/h5-14,23H,3-4,15H2,1-2H3,(H,26,27). The molecule has 0 bridgehead atoms. The lowest BCUT2D eigenvalue weighted by Gasteiger charge is -2.18. The van der Waals surface area contributed by atoms with Crippen LogP contribution < -0.4 is 14.8 Å². The van der Waals surface area contributed by atoms with Crippen molar-refractivity contribution in [1.82, 2.24) is 5.32 Å². The van der Waals surface area contributed by atoms with Crippen LogP contribution in [0.3, 0.4) is 0 Å². The van der Waals surface area contributed by atoms with Crippen molar-refractivity contribution in [1.29, 1.82) is 0 Å². The van der Waals surface area contributed by atoms with E-state index < -0.39 is 24.5 Å². The van der Waals surface area contributed by atoms with Crippen LogP contribution in [0.25, 0.3) is 0 Å². The van der Waals surface area contributed by atoms with E-state index in [0.29, 0.717) is 24.7 Å². The number of thiophene rings is 1. The summed E-state index contributed by atoms with van der Waals surface area (Å²) in [5, 5.41) is 4.74. The highest BCUT2D eigenvalue weighted by Crippen LogP contribution is 2.29. The minimum absolute atomic E-state index is 0.248. The lowest BCUT2D eigenvalue weighted by Crippen LogP contribution is -2.32. The van der Waals surface area contributed by atoms with Gasteiger partial charge in [0.2, 0.25) is 0 Å². The van der Waals surface area contributed by atoms with Gasteiger partial charge in [0.25, 0.3) is 5.91 Å². The molecule has 168 valence electrons. The number of rotatable bonds is 10. The number of hydrogen-bond donors (Lipinski definition) is 1. The maximum Gasteiger partial charge on any atom is 0.338 e. The third-order valence-electron chi connectivity index (χ3n) is 4.45. The third-order valence-corrected chi connectivity index (χ3v) is 5.39. The molecule has 0 aliphatic rings. The van der Waals surface area contributed by atoms with Gasteiger partial charge in [-0.15, -0.1) is 11.3 Å². The predicted molar refractivity (Wildman–Crippen MR) is 120 cm³/mol. The second-order valence-electron chi connectivity index (χ2n) is 6.67. The molecule has 0 saturated heterocycles. The molecule has 0 aliphatic carbocycles. The summed E-state index contributed by atoms with van der Waals surface area (Å²) in [6, 6.07) is 13.9. The largest absolute Gasteiger partial charge is 0.490 e. The molecular weight excluding hydrogens is 433 g/mol. The molecule has 2 aromatic carbocycles. The zero-order chi connectivity index (χ0) is 22.9. The quantitative estimate of drug-likeness (QED) is 0.445. The third kappa shape index (κ3) is 6.07. The number of esters is 1. The number of carbonyl (C=O) groups excluding carboxylic acids is 2. The maximum absolute atomic E-state index is 13.3. The van der Waals surface area contributed by atoms with E-state index in [-0.39, 0.29) is 11.4 Å². The van der Waals surface area contributed by atoms with E-state index >= 15 is 0 Å². The van der Waals surface area contributed by atoms with E-state index in [1.54, 1.807) is 24.3 Å².